The van der Waals surface area contributed by atoms with Crippen LogP contribution < -0.4 is 5.73 Å². The highest BCUT2D eigenvalue weighted by Crippen LogP contribution is 2.17. The van der Waals surface area contributed by atoms with E-state index in [1.54, 1.807) is 0 Å². The Labute approximate surface area is 99.6 Å². The number of piperidine rings is 1. The van der Waals surface area contributed by atoms with Crippen molar-refractivity contribution in [1.29, 1.82) is 5.26 Å². The van der Waals surface area contributed by atoms with Gasteiger partial charge in [0.1, 0.15) is 5.54 Å². The number of hydrogen-bond acceptors (Lipinski definition) is 3. The van der Waals surface area contributed by atoms with Gasteiger partial charge in [0, 0.05) is 6.04 Å². The second-order valence-corrected chi connectivity index (χ2v) is 5.37. The van der Waals surface area contributed by atoms with Crippen LogP contribution in [0.4, 0.5) is 0 Å². The highest BCUT2D eigenvalue weighted by atomic mass is 15.1. The number of nitriles is 1. The highest BCUT2D eigenvalue weighted by Gasteiger charge is 2.19. The fourth-order valence-corrected chi connectivity index (χ4v) is 2.35. The van der Waals surface area contributed by atoms with Crippen molar-refractivity contribution in [3.05, 3.63) is 0 Å². The van der Waals surface area contributed by atoms with Crippen LogP contribution in [0.25, 0.3) is 0 Å². The number of nitrogens with two attached hydrogens (primary N) is 1. The van der Waals surface area contributed by atoms with Crippen molar-refractivity contribution in [2.75, 3.05) is 13.1 Å². The summed E-state index contributed by atoms with van der Waals surface area (Å²) in [6.07, 6.45) is 7.10. The molecule has 1 heterocycles. The van der Waals surface area contributed by atoms with Crippen LogP contribution in [0, 0.1) is 11.3 Å². The molecule has 2 unspecified atom stereocenters. The molecule has 2 N–H and O–H groups in total. The molecule has 0 aromatic rings. The summed E-state index contributed by atoms with van der Waals surface area (Å²) >= 11 is 0. The van der Waals surface area contributed by atoms with Gasteiger partial charge in [-0.05, 0) is 59.0 Å². The number of rotatable bonds is 5. The predicted molar refractivity (Wildman–Crippen MR) is 66.9 cm³/mol. The third-order valence-corrected chi connectivity index (χ3v) is 3.59. The van der Waals surface area contributed by atoms with Gasteiger partial charge in [-0.25, -0.2) is 0 Å². The van der Waals surface area contributed by atoms with Crippen molar-refractivity contribution in [2.45, 2.75) is 64.0 Å². The average Bonchev–Trinajstić information content (AvgIpc) is 2.27. The molecule has 92 valence electrons. The van der Waals surface area contributed by atoms with Gasteiger partial charge in [-0.3, -0.25) is 0 Å². The Hall–Kier alpha value is -0.590. The maximum atomic E-state index is 8.80. The van der Waals surface area contributed by atoms with E-state index in [-0.39, 0.29) is 0 Å². The lowest BCUT2D eigenvalue weighted by molar-refractivity contribution is 0.157. The largest absolute Gasteiger partial charge is 0.314 e. The summed E-state index contributed by atoms with van der Waals surface area (Å²) in [6, 6.07) is 2.90. The van der Waals surface area contributed by atoms with E-state index >= 15 is 0 Å². The third-order valence-electron chi connectivity index (χ3n) is 3.59. The highest BCUT2D eigenvalue weighted by molar-refractivity contribution is 5.00. The minimum absolute atomic E-state index is 0.631. The Morgan fingerprint density at radius 1 is 1.44 bits per heavy atom. The van der Waals surface area contributed by atoms with E-state index in [0.29, 0.717) is 0 Å². The molecule has 0 aromatic heterocycles. The van der Waals surface area contributed by atoms with Crippen LogP contribution in [0.3, 0.4) is 0 Å². The van der Waals surface area contributed by atoms with Crippen molar-refractivity contribution in [3.63, 3.8) is 0 Å². The van der Waals surface area contributed by atoms with Crippen LogP contribution in [0.1, 0.15) is 52.4 Å². The molecule has 0 amide bonds. The molecule has 1 saturated heterocycles. The summed E-state index contributed by atoms with van der Waals surface area (Å²) < 4.78 is 0. The maximum absolute atomic E-state index is 8.80. The van der Waals surface area contributed by atoms with Gasteiger partial charge in [0.2, 0.25) is 0 Å². The zero-order valence-corrected chi connectivity index (χ0v) is 10.7. The summed E-state index contributed by atoms with van der Waals surface area (Å²) in [5.41, 5.74) is 5.16. The molecular formula is C13H25N3. The molecule has 0 saturated carbocycles. The lowest BCUT2D eigenvalue weighted by Crippen LogP contribution is -2.38. The smallest absolute Gasteiger partial charge is 0.101 e. The lowest BCUT2D eigenvalue weighted by Gasteiger charge is -2.33. The van der Waals surface area contributed by atoms with Crippen molar-refractivity contribution in [2.24, 2.45) is 5.73 Å². The second kappa shape index (κ2) is 6.22. The van der Waals surface area contributed by atoms with Crippen LogP contribution in [0.2, 0.25) is 0 Å². The Kier molecular flexibility index (Phi) is 5.24. The van der Waals surface area contributed by atoms with Crippen LogP contribution in [0.5, 0.6) is 0 Å². The molecule has 3 nitrogen and oxygen atoms in total. The summed E-state index contributed by atoms with van der Waals surface area (Å²) in [5.74, 6) is 0. The SMILES string of the molecule is CC1CCCCN1CCCCC(C)(N)C#N. The minimum Gasteiger partial charge on any atom is -0.314 e. The first-order chi connectivity index (χ1) is 7.55. The topological polar surface area (TPSA) is 53.0 Å². The molecule has 1 aliphatic heterocycles. The molecule has 1 fully saturated rings. The number of nitrogens with zero attached hydrogens (tertiary/aromatic N) is 2. The van der Waals surface area contributed by atoms with E-state index in [1.807, 2.05) is 6.92 Å². The van der Waals surface area contributed by atoms with E-state index in [9.17, 15) is 0 Å². The summed E-state index contributed by atoms with van der Waals surface area (Å²) in [5, 5.41) is 8.80. The Morgan fingerprint density at radius 3 is 2.81 bits per heavy atom. The molecule has 0 aromatic carbocycles. The zero-order chi connectivity index (χ0) is 12.0. The van der Waals surface area contributed by atoms with Crippen molar-refractivity contribution < 1.29 is 0 Å². The standard InChI is InChI=1S/C13H25N3/c1-12-7-3-5-9-16(12)10-6-4-8-13(2,15)11-14/h12H,3-10,15H2,1-2H3. The molecule has 0 aliphatic carbocycles. The molecule has 0 spiro atoms. The number of hydrogen-bond donors (Lipinski definition) is 1. The predicted octanol–water partition coefficient (Wildman–Crippen LogP) is 2.27. The Bertz CT molecular complexity index is 242. The molecule has 3 heteroatoms. The zero-order valence-electron chi connectivity index (χ0n) is 10.7. The first-order valence-electron chi connectivity index (χ1n) is 6.49. The van der Waals surface area contributed by atoms with Gasteiger partial charge in [0.25, 0.3) is 0 Å². The average molecular weight is 223 g/mol. The van der Waals surface area contributed by atoms with Crippen LogP contribution in [-0.4, -0.2) is 29.6 Å². The number of unbranched alkanes of at least 4 members (excludes halogenated alkanes) is 1. The quantitative estimate of drug-likeness (QED) is 0.727. The van der Waals surface area contributed by atoms with Crippen molar-refractivity contribution >= 4 is 0 Å². The van der Waals surface area contributed by atoms with E-state index in [0.717, 1.165) is 18.9 Å². The molecule has 1 rings (SSSR count). The fraction of sp³-hybridized carbons (Fsp3) is 0.923. The second-order valence-electron chi connectivity index (χ2n) is 5.37. The third kappa shape index (κ3) is 4.51. The Morgan fingerprint density at radius 2 is 2.19 bits per heavy atom. The lowest BCUT2D eigenvalue weighted by atomic mass is 9.97. The molecule has 16 heavy (non-hydrogen) atoms. The van der Waals surface area contributed by atoms with Gasteiger partial charge >= 0.3 is 0 Å². The van der Waals surface area contributed by atoms with E-state index < -0.39 is 5.54 Å². The van der Waals surface area contributed by atoms with Gasteiger partial charge in [-0.2, -0.15) is 5.26 Å². The van der Waals surface area contributed by atoms with Gasteiger partial charge in [-0.1, -0.05) is 6.42 Å². The first-order valence-corrected chi connectivity index (χ1v) is 6.49. The minimum atomic E-state index is -0.631. The first kappa shape index (κ1) is 13.5. The van der Waals surface area contributed by atoms with Gasteiger partial charge in [0.05, 0.1) is 6.07 Å². The van der Waals surface area contributed by atoms with Gasteiger partial charge in [-0.15, -0.1) is 0 Å². The van der Waals surface area contributed by atoms with Crippen molar-refractivity contribution in [1.82, 2.24) is 4.90 Å². The monoisotopic (exact) mass is 223 g/mol. The Balaban J connectivity index is 2.13. The molecule has 0 radical (unpaired) electrons. The maximum Gasteiger partial charge on any atom is 0.101 e. The van der Waals surface area contributed by atoms with Crippen molar-refractivity contribution in [3.8, 4) is 6.07 Å². The van der Waals surface area contributed by atoms with Crippen LogP contribution >= 0.6 is 0 Å². The molecule has 1 aliphatic rings. The molecule has 0 bridgehead atoms. The summed E-state index contributed by atoms with van der Waals surface area (Å²) in [6.45, 7) is 6.56. The summed E-state index contributed by atoms with van der Waals surface area (Å²) in [4.78, 5) is 2.57. The number of likely N-dealkylation sites (tertiary alicyclic amines) is 1. The van der Waals surface area contributed by atoms with Gasteiger partial charge in [0.15, 0.2) is 0 Å². The van der Waals surface area contributed by atoms with E-state index in [2.05, 4.69) is 17.9 Å². The van der Waals surface area contributed by atoms with Crippen LogP contribution in [0.15, 0.2) is 0 Å². The van der Waals surface area contributed by atoms with Gasteiger partial charge < -0.3 is 10.6 Å². The molecule has 2 atom stereocenters. The summed E-state index contributed by atoms with van der Waals surface area (Å²) in [7, 11) is 0. The van der Waals surface area contributed by atoms with E-state index in [4.69, 9.17) is 11.0 Å². The van der Waals surface area contributed by atoms with E-state index in [1.165, 1.54) is 38.8 Å². The normalized spacial score (nSPS) is 26.0. The fourth-order valence-electron chi connectivity index (χ4n) is 2.35. The van der Waals surface area contributed by atoms with Crippen LogP contribution in [-0.2, 0) is 0 Å². The molecular weight excluding hydrogens is 198 g/mol.